The molecule has 0 fully saturated rings. The SMILES string of the molecule is O=C(O)CC(c1ccccc1)n1cnc2cc(NC(=O)CCC(=O)c3ccc(-c4ccccc4)cc3)ccc21. The van der Waals surface area contributed by atoms with Crippen LogP contribution in [0.4, 0.5) is 5.69 Å². The van der Waals surface area contributed by atoms with Gasteiger partial charge in [0.15, 0.2) is 5.78 Å². The number of carbonyl (C=O) groups excluding carboxylic acids is 2. The zero-order valence-electron chi connectivity index (χ0n) is 21.2. The first-order chi connectivity index (χ1) is 19.0. The third-order valence-corrected chi connectivity index (χ3v) is 6.64. The van der Waals surface area contributed by atoms with E-state index in [0.29, 0.717) is 16.8 Å². The lowest BCUT2D eigenvalue weighted by molar-refractivity contribution is -0.137. The van der Waals surface area contributed by atoms with E-state index in [2.05, 4.69) is 10.3 Å². The number of imidazole rings is 1. The molecule has 0 bridgehead atoms. The van der Waals surface area contributed by atoms with Gasteiger partial charge in [-0.25, -0.2) is 4.98 Å². The van der Waals surface area contributed by atoms with Crippen LogP contribution in [-0.4, -0.2) is 32.3 Å². The van der Waals surface area contributed by atoms with Gasteiger partial charge in [-0.2, -0.15) is 0 Å². The first-order valence-corrected chi connectivity index (χ1v) is 12.7. The predicted molar refractivity (Wildman–Crippen MR) is 151 cm³/mol. The first kappa shape index (κ1) is 25.6. The van der Waals surface area contributed by atoms with E-state index in [9.17, 15) is 19.5 Å². The molecular formula is C32H27N3O4. The molecule has 0 radical (unpaired) electrons. The van der Waals surface area contributed by atoms with Gasteiger partial charge in [-0.15, -0.1) is 0 Å². The number of carboxylic acid groups (broad SMARTS) is 1. The van der Waals surface area contributed by atoms with Gasteiger partial charge in [0, 0.05) is 24.1 Å². The normalized spacial score (nSPS) is 11.7. The summed E-state index contributed by atoms with van der Waals surface area (Å²) in [5, 5.41) is 12.3. The van der Waals surface area contributed by atoms with Crippen molar-refractivity contribution in [1.29, 1.82) is 0 Å². The molecule has 4 aromatic carbocycles. The van der Waals surface area contributed by atoms with E-state index in [-0.39, 0.29) is 31.0 Å². The third kappa shape index (κ3) is 6.10. The van der Waals surface area contributed by atoms with Gasteiger partial charge in [0.05, 0.1) is 29.8 Å². The smallest absolute Gasteiger partial charge is 0.305 e. The minimum atomic E-state index is -0.906. The van der Waals surface area contributed by atoms with Crippen LogP contribution in [0.3, 0.4) is 0 Å². The molecule has 0 aliphatic rings. The number of ketones is 1. The highest BCUT2D eigenvalue weighted by Gasteiger charge is 2.20. The Morgan fingerprint density at radius 2 is 1.46 bits per heavy atom. The number of benzene rings is 4. The maximum Gasteiger partial charge on any atom is 0.305 e. The Balaban J connectivity index is 1.22. The number of aliphatic carboxylic acids is 1. The van der Waals surface area contributed by atoms with Crippen molar-refractivity contribution in [2.45, 2.75) is 25.3 Å². The Labute approximate surface area is 225 Å². The number of amides is 1. The van der Waals surface area contributed by atoms with Crippen molar-refractivity contribution in [1.82, 2.24) is 9.55 Å². The molecule has 7 heteroatoms. The summed E-state index contributed by atoms with van der Waals surface area (Å²) in [5.74, 6) is -1.27. The summed E-state index contributed by atoms with van der Waals surface area (Å²) in [6.45, 7) is 0. The molecule has 0 aliphatic heterocycles. The van der Waals surface area contributed by atoms with Gasteiger partial charge in [-0.1, -0.05) is 84.9 Å². The van der Waals surface area contributed by atoms with Crippen LogP contribution in [0, 0.1) is 0 Å². The number of carboxylic acids is 1. The lowest BCUT2D eigenvalue weighted by atomic mass is 10.0. The molecule has 0 spiro atoms. The van der Waals surface area contributed by atoms with Crippen LogP contribution < -0.4 is 5.32 Å². The van der Waals surface area contributed by atoms with Gasteiger partial charge in [0.1, 0.15) is 0 Å². The quantitative estimate of drug-likeness (QED) is 0.210. The van der Waals surface area contributed by atoms with Gasteiger partial charge in [-0.05, 0) is 34.9 Å². The number of fused-ring (bicyclic) bond motifs is 1. The zero-order valence-corrected chi connectivity index (χ0v) is 21.2. The standard InChI is InChI=1S/C32H27N3O4/c36-30(25-13-11-23(12-14-25)22-7-3-1-4-8-22)17-18-31(37)34-26-15-16-28-27(19-26)33-21-35(28)29(20-32(38)39)24-9-5-2-6-10-24/h1-16,19,21,29H,17-18,20H2,(H,34,37)(H,38,39). The monoisotopic (exact) mass is 517 g/mol. The van der Waals surface area contributed by atoms with Crippen molar-refractivity contribution in [2.24, 2.45) is 0 Å². The Kier molecular flexibility index (Phi) is 7.59. The van der Waals surface area contributed by atoms with Crippen LogP contribution in [-0.2, 0) is 9.59 Å². The summed E-state index contributed by atoms with van der Waals surface area (Å²) in [6, 6.07) is 31.7. The summed E-state index contributed by atoms with van der Waals surface area (Å²) >= 11 is 0. The topological polar surface area (TPSA) is 101 Å². The van der Waals surface area contributed by atoms with Crippen LogP contribution in [0.2, 0.25) is 0 Å². The number of aromatic nitrogens is 2. The Morgan fingerprint density at radius 1 is 0.795 bits per heavy atom. The summed E-state index contributed by atoms with van der Waals surface area (Å²) in [7, 11) is 0. The van der Waals surface area contributed by atoms with E-state index in [1.807, 2.05) is 83.4 Å². The van der Waals surface area contributed by atoms with Crippen LogP contribution >= 0.6 is 0 Å². The fraction of sp³-hybridized carbons (Fsp3) is 0.125. The minimum absolute atomic E-state index is 0.0560. The highest BCUT2D eigenvalue weighted by Crippen LogP contribution is 2.28. The number of hydrogen-bond donors (Lipinski definition) is 2. The number of carbonyl (C=O) groups is 3. The molecule has 0 saturated carbocycles. The number of hydrogen-bond acceptors (Lipinski definition) is 4. The van der Waals surface area contributed by atoms with Crippen LogP contribution in [0.5, 0.6) is 0 Å². The lowest BCUT2D eigenvalue weighted by Crippen LogP contribution is -2.15. The predicted octanol–water partition coefficient (Wildman–Crippen LogP) is 6.37. The van der Waals surface area contributed by atoms with Gasteiger partial charge >= 0.3 is 5.97 Å². The molecule has 194 valence electrons. The summed E-state index contributed by atoms with van der Waals surface area (Å²) in [4.78, 5) is 41.2. The second kappa shape index (κ2) is 11.6. The Bertz CT molecular complexity index is 1610. The minimum Gasteiger partial charge on any atom is -0.481 e. The highest BCUT2D eigenvalue weighted by molar-refractivity contribution is 6.00. The van der Waals surface area contributed by atoms with E-state index in [1.54, 1.807) is 30.6 Å². The fourth-order valence-electron chi connectivity index (χ4n) is 4.65. The van der Waals surface area contributed by atoms with Gasteiger partial charge in [0.2, 0.25) is 5.91 Å². The van der Waals surface area contributed by atoms with Gasteiger partial charge in [0.25, 0.3) is 0 Å². The average molecular weight is 518 g/mol. The fourth-order valence-corrected chi connectivity index (χ4v) is 4.65. The number of anilines is 1. The van der Waals surface area contributed by atoms with E-state index < -0.39 is 12.0 Å². The second-order valence-corrected chi connectivity index (χ2v) is 9.29. The van der Waals surface area contributed by atoms with Crippen molar-refractivity contribution in [3.8, 4) is 11.1 Å². The molecule has 7 nitrogen and oxygen atoms in total. The number of nitrogens with zero attached hydrogens (tertiary/aromatic N) is 2. The van der Waals surface area contributed by atoms with Gasteiger partial charge in [-0.3, -0.25) is 14.4 Å². The van der Waals surface area contributed by atoms with Crippen LogP contribution in [0.15, 0.2) is 109 Å². The average Bonchev–Trinajstić information content (AvgIpc) is 3.38. The van der Waals surface area contributed by atoms with Crippen molar-refractivity contribution in [3.05, 3.63) is 121 Å². The lowest BCUT2D eigenvalue weighted by Gasteiger charge is -2.18. The molecule has 1 aromatic heterocycles. The maximum absolute atomic E-state index is 12.6. The molecule has 2 N–H and O–H groups in total. The Hall–Kier alpha value is -5.04. The number of Topliss-reactive ketones (excluding diaryl/α,β-unsaturated/α-hetero) is 1. The molecule has 1 heterocycles. The third-order valence-electron chi connectivity index (χ3n) is 6.64. The first-order valence-electron chi connectivity index (χ1n) is 12.7. The van der Waals surface area contributed by atoms with Crippen LogP contribution in [0.1, 0.15) is 41.2 Å². The van der Waals surface area contributed by atoms with E-state index in [1.165, 1.54) is 0 Å². The van der Waals surface area contributed by atoms with Crippen molar-refractivity contribution >= 4 is 34.4 Å². The molecule has 1 unspecified atom stereocenters. The number of nitrogens with one attached hydrogen (secondary N) is 1. The zero-order chi connectivity index (χ0) is 27.2. The summed E-state index contributed by atoms with van der Waals surface area (Å²) in [6.07, 6.45) is 1.69. The molecule has 5 rings (SSSR count). The van der Waals surface area contributed by atoms with Gasteiger partial charge < -0.3 is 15.0 Å². The molecule has 5 aromatic rings. The van der Waals surface area contributed by atoms with E-state index in [4.69, 9.17) is 0 Å². The second-order valence-electron chi connectivity index (χ2n) is 9.29. The molecule has 1 atom stereocenters. The molecular weight excluding hydrogens is 490 g/mol. The largest absolute Gasteiger partial charge is 0.481 e. The van der Waals surface area contributed by atoms with Crippen LogP contribution in [0.25, 0.3) is 22.2 Å². The number of rotatable bonds is 10. The van der Waals surface area contributed by atoms with Crippen molar-refractivity contribution in [2.75, 3.05) is 5.32 Å². The molecule has 1 amide bonds. The summed E-state index contributed by atoms with van der Waals surface area (Å²) < 4.78 is 1.84. The van der Waals surface area contributed by atoms with E-state index in [0.717, 1.165) is 22.2 Å². The molecule has 0 saturated heterocycles. The highest BCUT2D eigenvalue weighted by atomic mass is 16.4. The van der Waals surface area contributed by atoms with Crippen molar-refractivity contribution in [3.63, 3.8) is 0 Å². The summed E-state index contributed by atoms with van der Waals surface area (Å²) in [5.41, 5.74) is 5.51. The van der Waals surface area contributed by atoms with Crippen molar-refractivity contribution < 1.29 is 19.5 Å². The van der Waals surface area contributed by atoms with E-state index >= 15 is 0 Å². The molecule has 0 aliphatic carbocycles. The Morgan fingerprint density at radius 3 is 2.15 bits per heavy atom. The molecule has 39 heavy (non-hydrogen) atoms. The maximum atomic E-state index is 12.6.